The van der Waals surface area contributed by atoms with E-state index in [0.717, 1.165) is 0 Å². The van der Waals surface area contributed by atoms with Crippen LogP contribution in [0.2, 0.25) is 10.0 Å². The number of aryl methyl sites for hydroxylation is 1. The fraction of sp³-hybridized carbons (Fsp3) is 0.261. The number of amides is 2. The number of nitrogens with zero attached hydrogens (tertiary/aromatic N) is 3. The van der Waals surface area contributed by atoms with E-state index < -0.39 is 0 Å². The Kier molecular flexibility index (Phi) is 6.49. The molecular weight excluding hydrogens is 467 g/mol. The van der Waals surface area contributed by atoms with Gasteiger partial charge in [0, 0.05) is 19.2 Å². The number of fused-ring (bicyclic) bond motifs is 1. The van der Waals surface area contributed by atoms with E-state index in [1.165, 1.54) is 14.2 Å². The molecule has 33 heavy (non-hydrogen) atoms. The molecule has 0 bridgehead atoms. The SMILES string of the molecule is COc1ccc(C(=O)N2CCC(NC(=O)c3c(Cl)cccc3Cl)c3c2cnn3C)cc1OC. The van der Waals surface area contributed by atoms with Gasteiger partial charge in [0.2, 0.25) is 0 Å². The fourth-order valence-electron chi connectivity index (χ4n) is 3.98. The first-order chi connectivity index (χ1) is 15.8. The highest BCUT2D eigenvalue weighted by Crippen LogP contribution is 2.36. The fourth-order valence-corrected chi connectivity index (χ4v) is 4.55. The highest BCUT2D eigenvalue weighted by atomic mass is 35.5. The molecule has 1 aliphatic rings. The quantitative estimate of drug-likeness (QED) is 0.579. The summed E-state index contributed by atoms with van der Waals surface area (Å²) < 4.78 is 12.2. The van der Waals surface area contributed by atoms with E-state index in [2.05, 4.69) is 10.4 Å². The van der Waals surface area contributed by atoms with E-state index >= 15 is 0 Å². The second-order valence-corrected chi connectivity index (χ2v) is 8.29. The Labute approximate surface area is 201 Å². The van der Waals surface area contributed by atoms with Gasteiger partial charge in [0.1, 0.15) is 0 Å². The van der Waals surface area contributed by atoms with Gasteiger partial charge in [-0.15, -0.1) is 0 Å². The van der Waals surface area contributed by atoms with Crippen molar-refractivity contribution in [3.8, 4) is 11.5 Å². The number of nitrogens with one attached hydrogen (secondary N) is 1. The summed E-state index contributed by atoms with van der Waals surface area (Å²) in [6.45, 7) is 0.382. The second kappa shape index (κ2) is 9.33. The maximum atomic E-state index is 13.3. The number of hydrogen-bond acceptors (Lipinski definition) is 5. The van der Waals surface area contributed by atoms with Crippen LogP contribution in [0.4, 0.5) is 5.69 Å². The van der Waals surface area contributed by atoms with Crippen molar-refractivity contribution in [1.82, 2.24) is 15.1 Å². The normalized spacial score (nSPS) is 15.1. The zero-order chi connectivity index (χ0) is 23.7. The number of rotatable bonds is 5. The molecule has 3 aromatic rings. The van der Waals surface area contributed by atoms with Crippen molar-refractivity contribution < 1.29 is 19.1 Å². The smallest absolute Gasteiger partial charge is 0.258 e. The predicted octanol–water partition coefficient (Wildman–Crippen LogP) is 4.27. The average Bonchev–Trinajstić information content (AvgIpc) is 3.20. The maximum absolute atomic E-state index is 13.3. The van der Waals surface area contributed by atoms with Crippen molar-refractivity contribution in [2.75, 3.05) is 25.7 Å². The number of anilines is 1. The number of carbonyl (C=O) groups excluding carboxylic acids is 2. The van der Waals surface area contributed by atoms with E-state index in [4.69, 9.17) is 32.7 Å². The molecule has 0 saturated heterocycles. The Balaban J connectivity index is 1.62. The highest BCUT2D eigenvalue weighted by Gasteiger charge is 2.34. The van der Waals surface area contributed by atoms with Crippen LogP contribution in [0.5, 0.6) is 11.5 Å². The first-order valence-electron chi connectivity index (χ1n) is 10.2. The lowest BCUT2D eigenvalue weighted by atomic mass is 10.0. The van der Waals surface area contributed by atoms with Crippen LogP contribution >= 0.6 is 23.2 Å². The lowest BCUT2D eigenvalue weighted by Crippen LogP contribution is -2.41. The molecule has 2 amide bonds. The van der Waals surface area contributed by atoms with Gasteiger partial charge < -0.3 is 19.7 Å². The van der Waals surface area contributed by atoms with Crippen LogP contribution in [-0.4, -0.2) is 42.4 Å². The number of methoxy groups -OCH3 is 2. The van der Waals surface area contributed by atoms with Crippen molar-refractivity contribution in [3.63, 3.8) is 0 Å². The molecule has 1 aromatic heterocycles. The number of aromatic nitrogens is 2. The van der Waals surface area contributed by atoms with Gasteiger partial charge in [-0.2, -0.15) is 5.10 Å². The number of benzene rings is 2. The largest absolute Gasteiger partial charge is 0.493 e. The lowest BCUT2D eigenvalue weighted by Gasteiger charge is -2.32. The van der Waals surface area contributed by atoms with Crippen molar-refractivity contribution in [3.05, 3.63) is 69.5 Å². The minimum Gasteiger partial charge on any atom is -0.493 e. The Morgan fingerprint density at radius 2 is 1.79 bits per heavy atom. The van der Waals surface area contributed by atoms with Gasteiger partial charge in [0.05, 0.1) is 53.4 Å². The molecule has 1 N–H and O–H groups in total. The maximum Gasteiger partial charge on any atom is 0.258 e. The van der Waals surface area contributed by atoms with Crippen molar-refractivity contribution in [2.45, 2.75) is 12.5 Å². The van der Waals surface area contributed by atoms with Crippen LogP contribution in [0.1, 0.15) is 38.9 Å². The molecule has 0 aliphatic carbocycles. The van der Waals surface area contributed by atoms with Crippen LogP contribution in [0, 0.1) is 0 Å². The number of halogens is 2. The lowest BCUT2D eigenvalue weighted by molar-refractivity contribution is 0.0931. The van der Waals surface area contributed by atoms with Gasteiger partial charge in [-0.25, -0.2) is 0 Å². The van der Waals surface area contributed by atoms with E-state index in [-0.39, 0.29) is 33.5 Å². The molecule has 8 nitrogen and oxygen atoms in total. The van der Waals surface area contributed by atoms with Crippen molar-refractivity contribution >= 4 is 40.7 Å². The standard InChI is InChI=1S/C23H22Cl2N4O4/c1-28-21-16(27-22(30)20-14(24)5-4-6-15(20)25)9-10-29(17(21)12-26-28)23(31)13-7-8-18(32-2)19(11-13)33-3/h4-8,11-12,16H,9-10H2,1-3H3,(H,27,30). The summed E-state index contributed by atoms with van der Waals surface area (Å²) in [5, 5.41) is 7.85. The van der Waals surface area contributed by atoms with Gasteiger partial charge >= 0.3 is 0 Å². The zero-order valence-electron chi connectivity index (χ0n) is 18.3. The molecular formula is C23H22Cl2N4O4. The minimum atomic E-state index is -0.387. The summed E-state index contributed by atoms with van der Waals surface area (Å²) in [7, 11) is 4.83. The van der Waals surface area contributed by atoms with Crippen LogP contribution in [-0.2, 0) is 7.05 Å². The number of carbonyl (C=O) groups is 2. The third-order valence-corrected chi connectivity index (χ3v) is 6.23. The number of ether oxygens (including phenoxy) is 2. The second-order valence-electron chi connectivity index (χ2n) is 7.48. The summed E-state index contributed by atoms with van der Waals surface area (Å²) in [4.78, 5) is 27.9. The van der Waals surface area contributed by atoms with Crippen LogP contribution in [0.15, 0.2) is 42.6 Å². The summed E-state index contributed by atoms with van der Waals surface area (Å²) in [6, 6.07) is 9.55. The molecule has 10 heteroatoms. The van der Waals surface area contributed by atoms with Gasteiger partial charge in [-0.1, -0.05) is 29.3 Å². The van der Waals surface area contributed by atoms with Gasteiger partial charge in [-0.05, 0) is 36.8 Å². The summed E-state index contributed by atoms with van der Waals surface area (Å²) in [5.41, 5.74) is 2.01. The monoisotopic (exact) mass is 488 g/mol. The van der Waals surface area contributed by atoms with E-state index in [1.54, 1.807) is 59.2 Å². The van der Waals surface area contributed by atoms with Crippen LogP contribution in [0.25, 0.3) is 0 Å². The topological polar surface area (TPSA) is 85.7 Å². The van der Waals surface area contributed by atoms with E-state index in [1.807, 2.05) is 0 Å². The molecule has 172 valence electrons. The summed E-state index contributed by atoms with van der Waals surface area (Å²) >= 11 is 12.4. The van der Waals surface area contributed by atoms with Crippen molar-refractivity contribution in [2.24, 2.45) is 7.05 Å². The third kappa shape index (κ3) is 4.24. The van der Waals surface area contributed by atoms with Gasteiger partial charge in [0.25, 0.3) is 11.8 Å². The molecule has 1 aliphatic heterocycles. The highest BCUT2D eigenvalue weighted by molar-refractivity contribution is 6.39. The minimum absolute atomic E-state index is 0.205. The van der Waals surface area contributed by atoms with Gasteiger partial charge in [0.15, 0.2) is 11.5 Å². The Morgan fingerprint density at radius 3 is 2.45 bits per heavy atom. The molecule has 0 fully saturated rings. The van der Waals surface area contributed by atoms with Gasteiger partial charge in [-0.3, -0.25) is 14.3 Å². The molecule has 0 saturated carbocycles. The Morgan fingerprint density at radius 1 is 1.09 bits per heavy atom. The third-order valence-electron chi connectivity index (χ3n) is 5.60. The first kappa shape index (κ1) is 22.9. The summed E-state index contributed by atoms with van der Waals surface area (Å²) in [6.07, 6.45) is 2.11. The Bertz CT molecular complexity index is 1210. The molecule has 1 atom stereocenters. The van der Waals surface area contributed by atoms with Crippen molar-refractivity contribution in [1.29, 1.82) is 0 Å². The molecule has 2 aromatic carbocycles. The predicted molar refractivity (Wildman–Crippen MR) is 126 cm³/mol. The molecule has 4 rings (SSSR count). The Hall–Kier alpha value is -3.23. The van der Waals surface area contributed by atoms with E-state index in [9.17, 15) is 9.59 Å². The first-order valence-corrected chi connectivity index (χ1v) is 10.9. The molecule has 0 spiro atoms. The molecule has 1 unspecified atom stereocenters. The van der Waals surface area contributed by atoms with Crippen LogP contribution < -0.4 is 19.7 Å². The summed E-state index contributed by atoms with van der Waals surface area (Å²) in [5.74, 6) is 0.413. The molecule has 0 radical (unpaired) electrons. The molecule has 2 heterocycles. The average molecular weight is 489 g/mol. The zero-order valence-corrected chi connectivity index (χ0v) is 19.8. The van der Waals surface area contributed by atoms with Crippen LogP contribution in [0.3, 0.4) is 0 Å². The van der Waals surface area contributed by atoms with E-state index in [0.29, 0.717) is 41.4 Å². The number of hydrogen-bond donors (Lipinski definition) is 1.